The average molecular weight is 326 g/mol. The largest absolute Gasteiger partial charge is 0.450 e. The molecular weight excluding hydrogens is 292 g/mol. The molecule has 1 fully saturated rings. The first-order valence-corrected chi connectivity index (χ1v) is 9.00. The molecule has 1 rings (SSSR count). The van der Waals surface area contributed by atoms with Gasteiger partial charge in [0.25, 0.3) is 0 Å². The first-order chi connectivity index (χ1) is 11.2. The molecular formula is C18H34N2O3. The van der Waals surface area contributed by atoms with Gasteiger partial charge in [0.05, 0.1) is 12.7 Å². The van der Waals surface area contributed by atoms with Crippen molar-refractivity contribution in [3.63, 3.8) is 0 Å². The Kier molecular flexibility index (Phi) is 10.7. The molecule has 1 amide bonds. The van der Waals surface area contributed by atoms with Crippen LogP contribution in [0.4, 0.5) is 4.79 Å². The van der Waals surface area contributed by atoms with Crippen LogP contribution in [0.25, 0.3) is 0 Å². The highest BCUT2D eigenvalue weighted by atomic mass is 16.6. The smallest absolute Gasteiger partial charge is 0.409 e. The predicted molar refractivity (Wildman–Crippen MR) is 93.7 cm³/mol. The minimum absolute atomic E-state index is 0.188. The lowest BCUT2D eigenvalue weighted by Gasteiger charge is -2.31. The van der Waals surface area contributed by atoms with Gasteiger partial charge in [-0.15, -0.1) is 6.58 Å². The Bertz CT molecular complexity index is 328. The molecule has 134 valence electrons. The summed E-state index contributed by atoms with van der Waals surface area (Å²) in [4.78, 5) is 15.7. The zero-order chi connectivity index (χ0) is 16.9. The summed E-state index contributed by atoms with van der Waals surface area (Å²) in [5.74, 6) is 0. The first-order valence-electron chi connectivity index (χ1n) is 9.00. The summed E-state index contributed by atoms with van der Waals surface area (Å²) in [6.07, 6.45) is 8.75. The molecule has 0 aliphatic carbocycles. The molecule has 0 aromatic rings. The van der Waals surface area contributed by atoms with E-state index in [1.54, 1.807) is 4.90 Å². The van der Waals surface area contributed by atoms with Crippen molar-refractivity contribution in [1.29, 1.82) is 0 Å². The van der Waals surface area contributed by atoms with Crippen molar-refractivity contribution in [2.45, 2.75) is 51.6 Å². The lowest BCUT2D eigenvalue weighted by atomic mass is 10.1. The van der Waals surface area contributed by atoms with E-state index in [1.807, 2.05) is 13.0 Å². The maximum absolute atomic E-state index is 11.6. The van der Waals surface area contributed by atoms with Crippen molar-refractivity contribution < 1.29 is 14.3 Å². The number of ether oxygens (including phenoxy) is 2. The second-order valence-electron chi connectivity index (χ2n) is 6.22. The van der Waals surface area contributed by atoms with Gasteiger partial charge >= 0.3 is 6.09 Å². The highest BCUT2D eigenvalue weighted by molar-refractivity contribution is 5.67. The quantitative estimate of drug-likeness (QED) is 0.431. The molecule has 0 aromatic carbocycles. The first kappa shape index (κ1) is 20.0. The lowest BCUT2D eigenvalue weighted by molar-refractivity contribution is 0.00484. The van der Waals surface area contributed by atoms with Gasteiger partial charge in [-0.3, -0.25) is 0 Å². The second kappa shape index (κ2) is 12.4. The van der Waals surface area contributed by atoms with Gasteiger partial charge in [-0.05, 0) is 46.2 Å². The van der Waals surface area contributed by atoms with Crippen LogP contribution >= 0.6 is 0 Å². The Morgan fingerprint density at radius 1 is 1.26 bits per heavy atom. The van der Waals surface area contributed by atoms with Crippen LogP contribution in [0.3, 0.4) is 0 Å². The summed E-state index contributed by atoms with van der Waals surface area (Å²) in [5, 5.41) is 0. The third kappa shape index (κ3) is 8.96. The third-order valence-electron chi connectivity index (χ3n) is 4.20. The number of likely N-dealkylation sites (tertiary alicyclic amines) is 1. The van der Waals surface area contributed by atoms with Crippen molar-refractivity contribution in [3.8, 4) is 0 Å². The summed E-state index contributed by atoms with van der Waals surface area (Å²) >= 11 is 0. The zero-order valence-corrected chi connectivity index (χ0v) is 15.0. The van der Waals surface area contributed by atoms with Crippen LogP contribution in [0, 0.1) is 0 Å². The van der Waals surface area contributed by atoms with Crippen LogP contribution in [0.5, 0.6) is 0 Å². The molecule has 23 heavy (non-hydrogen) atoms. The maximum Gasteiger partial charge on any atom is 0.409 e. The molecule has 0 spiro atoms. The molecule has 0 atom stereocenters. The van der Waals surface area contributed by atoms with Crippen molar-refractivity contribution in [2.24, 2.45) is 0 Å². The normalized spacial score (nSPS) is 15.9. The van der Waals surface area contributed by atoms with Gasteiger partial charge in [-0.1, -0.05) is 18.9 Å². The van der Waals surface area contributed by atoms with E-state index in [1.165, 1.54) is 19.3 Å². The van der Waals surface area contributed by atoms with Crippen molar-refractivity contribution in [3.05, 3.63) is 12.7 Å². The van der Waals surface area contributed by atoms with E-state index in [4.69, 9.17) is 9.47 Å². The molecule has 1 heterocycles. The number of carbonyl (C=O) groups is 1. The Hall–Kier alpha value is -1.07. The van der Waals surface area contributed by atoms with Crippen LogP contribution in [0.15, 0.2) is 12.7 Å². The van der Waals surface area contributed by atoms with Gasteiger partial charge in [-0.2, -0.15) is 0 Å². The monoisotopic (exact) mass is 326 g/mol. The van der Waals surface area contributed by atoms with Gasteiger partial charge in [0.2, 0.25) is 0 Å². The summed E-state index contributed by atoms with van der Waals surface area (Å²) < 4.78 is 11.0. The van der Waals surface area contributed by atoms with Gasteiger partial charge < -0.3 is 19.3 Å². The number of carbonyl (C=O) groups excluding carboxylic acids is 1. The third-order valence-corrected chi connectivity index (χ3v) is 4.20. The number of nitrogens with zero attached hydrogens (tertiary/aromatic N) is 2. The number of likely N-dealkylation sites (N-methyl/N-ethyl adjacent to an activating group) is 1. The van der Waals surface area contributed by atoms with Crippen molar-refractivity contribution in [2.75, 3.05) is 46.4 Å². The Morgan fingerprint density at radius 2 is 1.96 bits per heavy atom. The molecule has 0 bridgehead atoms. The van der Waals surface area contributed by atoms with Gasteiger partial charge in [-0.25, -0.2) is 4.79 Å². The maximum atomic E-state index is 11.6. The molecule has 1 aliphatic heterocycles. The highest BCUT2D eigenvalue weighted by Crippen LogP contribution is 2.15. The fourth-order valence-corrected chi connectivity index (χ4v) is 2.82. The van der Waals surface area contributed by atoms with E-state index in [0.29, 0.717) is 12.7 Å². The molecule has 0 aromatic heterocycles. The molecule has 0 unspecified atom stereocenters. The highest BCUT2D eigenvalue weighted by Gasteiger charge is 2.23. The van der Waals surface area contributed by atoms with E-state index in [2.05, 4.69) is 18.5 Å². The SMILES string of the molecule is C=CCN(C)CCCCCCOC1CCN(C(=O)OCC)CC1. The fraction of sp³-hybridized carbons (Fsp3) is 0.833. The van der Waals surface area contributed by atoms with Crippen LogP contribution in [0.2, 0.25) is 0 Å². The molecule has 0 N–H and O–H groups in total. The number of piperidine rings is 1. The molecule has 0 saturated carbocycles. The zero-order valence-electron chi connectivity index (χ0n) is 15.0. The second-order valence-corrected chi connectivity index (χ2v) is 6.22. The molecule has 5 heteroatoms. The average Bonchev–Trinajstić information content (AvgIpc) is 2.55. The standard InChI is InChI=1S/C18H34N2O3/c1-4-12-19(3)13-8-6-7-9-16-23-17-10-14-20(15-11-17)18(21)22-5-2/h4,17H,1,5-16H2,2-3H3. The molecule has 0 radical (unpaired) electrons. The number of rotatable bonds is 11. The Balaban J connectivity index is 1.95. The van der Waals surface area contributed by atoms with Gasteiger partial charge in [0.1, 0.15) is 0 Å². The minimum atomic E-state index is -0.188. The number of hydrogen-bond donors (Lipinski definition) is 0. The summed E-state index contributed by atoms with van der Waals surface area (Å²) in [5.41, 5.74) is 0. The van der Waals surface area contributed by atoms with Crippen molar-refractivity contribution >= 4 is 6.09 Å². The molecule has 1 saturated heterocycles. The van der Waals surface area contributed by atoms with Gasteiger partial charge in [0.15, 0.2) is 0 Å². The van der Waals surface area contributed by atoms with E-state index in [-0.39, 0.29) is 6.09 Å². The van der Waals surface area contributed by atoms with Crippen molar-refractivity contribution in [1.82, 2.24) is 9.80 Å². The topological polar surface area (TPSA) is 42.0 Å². The van der Waals surface area contributed by atoms with E-state index in [9.17, 15) is 4.79 Å². The van der Waals surface area contributed by atoms with Crippen LogP contribution in [-0.4, -0.2) is 68.4 Å². The van der Waals surface area contributed by atoms with Crippen LogP contribution in [0.1, 0.15) is 45.4 Å². The van der Waals surface area contributed by atoms with E-state index >= 15 is 0 Å². The lowest BCUT2D eigenvalue weighted by Crippen LogP contribution is -2.41. The Morgan fingerprint density at radius 3 is 2.61 bits per heavy atom. The van der Waals surface area contributed by atoms with Gasteiger partial charge in [0, 0.05) is 26.2 Å². The van der Waals surface area contributed by atoms with E-state index in [0.717, 1.165) is 52.0 Å². The predicted octanol–water partition coefficient (Wildman–Crippen LogP) is 3.30. The number of hydrogen-bond acceptors (Lipinski definition) is 4. The number of amides is 1. The Labute approximate surface area is 141 Å². The fourth-order valence-electron chi connectivity index (χ4n) is 2.82. The minimum Gasteiger partial charge on any atom is -0.450 e. The van der Waals surface area contributed by atoms with Crippen LogP contribution in [-0.2, 0) is 9.47 Å². The van der Waals surface area contributed by atoms with Crippen LogP contribution < -0.4 is 0 Å². The summed E-state index contributed by atoms with van der Waals surface area (Å²) in [6, 6.07) is 0. The molecule has 5 nitrogen and oxygen atoms in total. The number of unbranched alkanes of at least 4 members (excludes halogenated alkanes) is 3. The summed E-state index contributed by atoms with van der Waals surface area (Å²) in [7, 11) is 2.13. The summed E-state index contributed by atoms with van der Waals surface area (Å²) in [6.45, 7) is 10.5. The molecule has 1 aliphatic rings. The van der Waals surface area contributed by atoms with E-state index < -0.39 is 0 Å².